The van der Waals surface area contributed by atoms with Crippen molar-refractivity contribution in [1.82, 2.24) is 4.98 Å². The molecule has 4 nitrogen and oxygen atoms in total. The fraction of sp³-hybridized carbons (Fsp3) is 0. The smallest absolute Gasteiger partial charge is 0.363 e. The van der Waals surface area contributed by atoms with Gasteiger partial charge in [-0.2, -0.15) is 11.3 Å². The summed E-state index contributed by atoms with van der Waals surface area (Å²) in [5, 5.41) is 5.05. The van der Waals surface area contributed by atoms with Gasteiger partial charge in [0.05, 0.1) is 0 Å². The number of thiophene rings is 1. The van der Waals surface area contributed by atoms with E-state index in [0.717, 1.165) is 22.0 Å². The summed E-state index contributed by atoms with van der Waals surface area (Å²) in [7, 11) is 0. The molecule has 0 saturated carbocycles. The van der Waals surface area contributed by atoms with Crippen LogP contribution < -0.4 is 0 Å². The van der Waals surface area contributed by atoms with Gasteiger partial charge in [0.2, 0.25) is 5.90 Å². The lowest BCUT2D eigenvalue weighted by molar-refractivity contribution is -0.129. The number of para-hydroxylation sites is 1. The number of cyclic esters (lactones) is 1. The van der Waals surface area contributed by atoms with Crippen molar-refractivity contribution in [1.29, 1.82) is 0 Å². The monoisotopic (exact) mass is 320 g/mol. The minimum absolute atomic E-state index is 0.305. The van der Waals surface area contributed by atoms with Crippen LogP contribution in [-0.2, 0) is 9.53 Å². The lowest BCUT2D eigenvalue weighted by Gasteiger charge is -1.92. The molecule has 1 aliphatic heterocycles. The zero-order valence-electron chi connectivity index (χ0n) is 12.0. The molecule has 23 heavy (non-hydrogen) atoms. The Kier molecular flexibility index (Phi) is 3.40. The first-order chi connectivity index (χ1) is 11.3. The topological polar surface area (TPSA) is 54.4 Å². The van der Waals surface area contributed by atoms with Crippen LogP contribution >= 0.6 is 11.3 Å². The van der Waals surface area contributed by atoms with Crippen molar-refractivity contribution in [2.24, 2.45) is 4.99 Å². The molecule has 0 bridgehead atoms. The van der Waals surface area contributed by atoms with Gasteiger partial charge in [-0.05, 0) is 40.6 Å². The second-order valence-corrected chi connectivity index (χ2v) is 5.83. The van der Waals surface area contributed by atoms with Crippen LogP contribution in [0.1, 0.15) is 11.1 Å². The Morgan fingerprint density at radius 2 is 2.09 bits per heavy atom. The molecule has 0 spiro atoms. The van der Waals surface area contributed by atoms with E-state index in [1.54, 1.807) is 23.5 Å². The summed E-state index contributed by atoms with van der Waals surface area (Å²) in [4.78, 5) is 19.4. The summed E-state index contributed by atoms with van der Waals surface area (Å²) >= 11 is 1.61. The number of fused-ring (bicyclic) bond motifs is 1. The van der Waals surface area contributed by atoms with E-state index in [9.17, 15) is 4.79 Å². The number of hydrogen-bond donors (Lipinski definition) is 1. The number of rotatable bonds is 3. The number of aromatic amines is 1. The van der Waals surface area contributed by atoms with Crippen LogP contribution in [0.25, 0.3) is 23.1 Å². The Bertz CT molecular complexity index is 962. The number of benzene rings is 1. The molecule has 1 N–H and O–H groups in total. The van der Waals surface area contributed by atoms with Crippen molar-refractivity contribution < 1.29 is 9.53 Å². The van der Waals surface area contributed by atoms with Gasteiger partial charge in [-0.15, -0.1) is 0 Å². The molecule has 0 amide bonds. The number of aromatic nitrogens is 1. The summed E-state index contributed by atoms with van der Waals surface area (Å²) in [5.74, 6) is -0.118. The number of carbonyl (C=O) groups excluding carboxylic acids is 1. The molecule has 4 rings (SSSR count). The van der Waals surface area contributed by atoms with E-state index in [-0.39, 0.29) is 0 Å². The molecule has 0 fully saturated rings. The highest BCUT2D eigenvalue weighted by Crippen LogP contribution is 2.23. The van der Waals surface area contributed by atoms with Crippen molar-refractivity contribution in [3.8, 4) is 0 Å². The van der Waals surface area contributed by atoms with Crippen LogP contribution in [-0.4, -0.2) is 16.9 Å². The Morgan fingerprint density at radius 3 is 2.96 bits per heavy atom. The summed E-state index contributed by atoms with van der Waals surface area (Å²) in [6.45, 7) is 0. The second-order valence-electron chi connectivity index (χ2n) is 5.05. The van der Waals surface area contributed by atoms with Gasteiger partial charge >= 0.3 is 5.97 Å². The molecule has 0 saturated heterocycles. The fourth-order valence-electron chi connectivity index (χ4n) is 2.39. The van der Waals surface area contributed by atoms with E-state index in [2.05, 4.69) is 9.98 Å². The van der Waals surface area contributed by atoms with Gasteiger partial charge in [0, 0.05) is 28.7 Å². The zero-order valence-corrected chi connectivity index (χ0v) is 12.8. The van der Waals surface area contributed by atoms with Gasteiger partial charge in [0.1, 0.15) is 0 Å². The lowest BCUT2D eigenvalue weighted by Crippen LogP contribution is -2.00. The number of nitrogens with zero attached hydrogens (tertiary/aromatic N) is 1. The largest absolute Gasteiger partial charge is 0.403 e. The molecule has 1 aliphatic rings. The van der Waals surface area contributed by atoms with Crippen LogP contribution in [0.15, 0.2) is 64.1 Å². The summed E-state index contributed by atoms with van der Waals surface area (Å²) in [6, 6.07) is 9.90. The van der Waals surface area contributed by atoms with E-state index in [0.29, 0.717) is 11.6 Å². The first-order valence-electron chi connectivity index (χ1n) is 7.08. The van der Waals surface area contributed by atoms with Crippen LogP contribution in [0.3, 0.4) is 0 Å². The Balaban J connectivity index is 1.64. The first kappa shape index (κ1) is 13.7. The van der Waals surface area contributed by atoms with Crippen molar-refractivity contribution >= 4 is 46.3 Å². The third kappa shape index (κ3) is 2.74. The van der Waals surface area contributed by atoms with Gasteiger partial charge in [-0.25, -0.2) is 9.79 Å². The third-order valence-electron chi connectivity index (χ3n) is 3.51. The van der Waals surface area contributed by atoms with E-state index in [1.807, 2.05) is 53.4 Å². The predicted molar refractivity (Wildman–Crippen MR) is 93.2 cm³/mol. The molecule has 3 aromatic rings. The van der Waals surface area contributed by atoms with Crippen LogP contribution in [0.4, 0.5) is 0 Å². The molecule has 5 heteroatoms. The van der Waals surface area contributed by atoms with Crippen molar-refractivity contribution in [2.75, 3.05) is 0 Å². The van der Waals surface area contributed by atoms with Gasteiger partial charge in [-0.1, -0.05) is 18.2 Å². The minimum atomic E-state index is -0.430. The molecule has 0 radical (unpaired) electrons. The molecule has 1 aromatic carbocycles. The summed E-state index contributed by atoms with van der Waals surface area (Å²) < 4.78 is 5.18. The first-order valence-corrected chi connectivity index (χ1v) is 8.03. The van der Waals surface area contributed by atoms with Crippen molar-refractivity contribution in [3.05, 3.63) is 70.2 Å². The number of H-pyrrole nitrogens is 1. The predicted octanol–water partition coefficient (Wildman–Crippen LogP) is 4.24. The van der Waals surface area contributed by atoms with E-state index < -0.39 is 5.97 Å². The average molecular weight is 320 g/mol. The van der Waals surface area contributed by atoms with Gasteiger partial charge < -0.3 is 9.72 Å². The second kappa shape index (κ2) is 5.70. The minimum Gasteiger partial charge on any atom is -0.403 e. The molecule has 0 atom stereocenters. The quantitative estimate of drug-likeness (QED) is 0.580. The van der Waals surface area contributed by atoms with E-state index in [4.69, 9.17) is 4.74 Å². The van der Waals surface area contributed by atoms with Gasteiger partial charge in [0.25, 0.3) is 0 Å². The van der Waals surface area contributed by atoms with E-state index >= 15 is 0 Å². The molecule has 0 unspecified atom stereocenters. The fourth-order valence-corrected chi connectivity index (χ4v) is 3.02. The highest BCUT2D eigenvalue weighted by Gasteiger charge is 2.21. The summed E-state index contributed by atoms with van der Waals surface area (Å²) in [5.41, 5.74) is 3.30. The molecule has 112 valence electrons. The van der Waals surface area contributed by atoms with E-state index in [1.165, 1.54) is 0 Å². The highest BCUT2D eigenvalue weighted by atomic mass is 32.1. The Labute approximate surface area is 136 Å². The lowest BCUT2D eigenvalue weighted by atomic mass is 10.1. The number of ether oxygens (including phenoxy) is 1. The van der Waals surface area contributed by atoms with Gasteiger partial charge in [0.15, 0.2) is 5.70 Å². The van der Waals surface area contributed by atoms with Crippen molar-refractivity contribution in [2.45, 2.75) is 0 Å². The Morgan fingerprint density at radius 1 is 1.17 bits per heavy atom. The number of nitrogens with one attached hydrogen (secondary N) is 1. The maximum Gasteiger partial charge on any atom is 0.363 e. The van der Waals surface area contributed by atoms with Crippen molar-refractivity contribution in [3.63, 3.8) is 0 Å². The molecule has 0 aliphatic carbocycles. The molecular formula is C18H12N2O2S. The van der Waals surface area contributed by atoms with Crippen LogP contribution in [0.5, 0.6) is 0 Å². The van der Waals surface area contributed by atoms with Gasteiger partial charge in [-0.3, -0.25) is 0 Å². The number of aliphatic imine (C=N–C) groups is 1. The normalized spacial score (nSPS) is 16.4. The number of carbonyl (C=O) groups is 1. The Hall–Kier alpha value is -2.92. The number of esters is 1. The zero-order chi connectivity index (χ0) is 15.6. The maximum absolute atomic E-state index is 12.0. The summed E-state index contributed by atoms with van der Waals surface area (Å²) in [6.07, 6.45) is 7.18. The van der Waals surface area contributed by atoms with Crippen LogP contribution in [0, 0.1) is 0 Å². The molecule has 3 heterocycles. The number of hydrogen-bond acceptors (Lipinski definition) is 4. The molecule has 2 aromatic heterocycles. The van der Waals surface area contributed by atoms with Crippen LogP contribution in [0.2, 0.25) is 0 Å². The third-order valence-corrected chi connectivity index (χ3v) is 4.21. The highest BCUT2D eigenvalue weighted by molar-refractivity contribution is 7.08. The standard InChI is InChI=1S/C18H12N2O2S/c21-18-16(9-13-10-19-15-4-2-1-3-14(13)15)20-17(22-18)6-5-12-7-8-23-11-12/h1-11,19H. The maximum atomic E-state index is 12.0. The average Bonchev–Trinajstić information content (AvgIpc) is 3.28. The SMILES string of the molecule is O=C1OC(C=Cc2ccsc2)=NC1=Cc1c[nH]c2ccccc12. The molecular weight excluding hydrogens is 308 g/mol.